The van der Waals surface area contributed by atoms with Gasteiger partial charge in [-0.05, 0) is 62.5 Å². The minimum atomic E-state index is -0.152. The van der Waals surface area contributed by atoms with Crippen LogP contribution in [0.3, 0.4) is 0 Å². The summed E-state index contributed by atoms with van der Waals surface area (Å²) in [6.07, 6.45) is 10.3. The van der Waals surface area contributed by atoms with Crippen molar-refractivity contribution in [1.29, 1.82) is 0 Å². The van der Waals surface area contributed by atoms with Gasteiger partial charge in [0.1, 0.15) is 0 Å². The van der Waals surface area contributed by atoms with Crippen LogP contribution in [0.15, 0.2) is 29.0 Å². The van der Waals surface area contributed by atoms with Crippen LogP contribution >= 0.6 is 0 Å². The molecule has 0 saturated carbocycles. The van der Waals surface area contributed by atoms with Gasteiger partial charge in [0.25, 0.3) is 0 Å². The van der Waals surface area contributed by atoms with E-state index in [0.717, 1.165) is 83.3 Å². The number of hydrogen-bond donors (Lipinski definition) is 0. The maximum Gasteiger partial charge on any atom is 0.227 e. The molecule has 3 aliphatic rings. The fourth-order valence-electron chi connectivity index (χ4n) is 5.85. The number of amides is 2. The van der Waals surface area contributed by atoms with Gasteiger partial charge in [0, 0.05) is 70.5 Å². The Balaban J connectivity index is 1.10. The van der Waals surface area contributed by atoms with Crippen molar-refractivity contribution in [2.24, 2.45) is 11.8 Å². The van der Waals surface area contributed by atoms with Gasteiger partial charge < -0.3 is 19.1 Å². The van der Waals surface area contributed by atoms with E-state index in [-0.39, 0.29) is 17.4 Å². The van der Waals surface area contributed by atoms with Crippen LogP contribution in [0.4, 0.5) is 0 Å². The van der Waals surface area contributed by atoms with Gasteiger partial charge in [-0.1, -0.05) is 5.16 Å². The van der Waals surface area contributed by atoms with E-state index in [1.54, 1.807) is 19.3 Å². The number of nitrogens with zero attached hydrogens (tertiary/aromatic N) is 5. The van der Waals surface area contributed by atoms with Crippen molar-refractivity contribution in [2.45, 2.75) is 63.9 Å². The van der Waals surface area contributed by atoms with E-state index >= 15 is 0 Å². The molecule has 35 heavy (non-hydrogen) atoms. The topological polar surface area (TPSA) is 102 Å². The molecule has 5 rings (SSSR count). The number of carbonyl (C=O) groups is 2. The van der Waals surface area contributed by atoms with Crippen molar-refractivity contribution in [2.75, 3.05) is 32.8 Å². The second-order valence-electron chi connectivity index (χ2n) is 10.4. The Labute approximate surface area is 206 Å². The first-order valence-electron chi connectivity index (χ1n) is 12.9. The Morgan fingerprint density at radius 1 is 1.03 bits per heavy atom. The van der Waals surface area contributed by atoms with Gasteiger partial charge in [0.15, 0.2) is 0 Å². The summed E-state index contributed by atoms with van der Waals surface area (Å²) in [7, 11) is 0. The third kappa shape index (κ3) is 5.72. The average molecular weight is 482 g/mol. The van der Waals surface area contributed by atoms with E-state index in [9.17, 15) is 9.59 Å². The van der Waals surface area contributed by atoms with E-state index in [0.29, 0.717) is 30.0 Å². The van der Waals surface area contributed by atoms with Crippen LogP contribution in [0.5, 0.6) is 0 Å². The van der Waals surface area contributed by atoms with Crippen LogP contribution in [0, 0.1) is 11.8 Å². The van der Waals surface area contributed by atoms with Crippen molar-refractivity contribution >= 4 is 11.8 Å². The molecule has 2 aromatic rings. The third-order valence-electron chi connectivity index (χ3n) is 8.02. The first-order chi connectivity index (χ1) is 17.0. The molecular formula is C26H35N5O4. The standard InChI is InChI=1S/C26H35N5O4/c1-19(32)30-11-4-20(5-12-30)17-24(33)31-13-7-26(8-14-31)18-21(6-15-34-26)16-23-28-25(29-35-23)22-2-9-27-10-3-22/h2-3,9-10,20-21H,4-8,11-18H2,1H3. The second kappa shape index (κ2) is 10.4. The minimum absolute atomic E-state index is 0.134. The number of aromatic nitrogens is 3. The van der Waals surface area contributed by atoms with Crippen molar-refractivity contribution in [3.05, 3.63) is 30.4 Å². The quantitative estimate of drug-likeness (QED) is 0.647. The Morgan fingerprint density at radius 3 is 2.49 bits per heavy atom. The first-order valence-corrected chi connectivity index (χ1v) is 12.9. The number of ether oxygens (including phenoxy) is 1. The fraction of sp³-hybridized carbons (Fsp3) is 0.654. The maximum atomic E-state index is 13.0. The first kappa shape index (κ1) is 23.9. The van der Waals surface area contributed by atoms with Gasteiger partial charge >= 0.3 is 0 Å². The largest absolute Gasteiger partial charge is 0.375 e. The highest BCUT2D eigenvalue weighted by molar-refractivity contribution is 5.77. The van der Waals surface area contributed by atoms with Gasteiger partial charge in [-0.2, -0.15) is 4.98 Å². The zero-order valence-corrected chi connectivity index (χ0v) is 20.5. The zero-order chi connectivity index (χ0) is 24.3. The number of likely N-dealkylation sites (tertiary alicyclic amines) is 2. The molecule has 3 fully saturated rings. The lowest BCUT2D eigenvalue weighted by Gasteiger charge is -2.46. The highest BCUT2D eigenvalue weighted by Crippen LogP contribution is 2.39. The molecule has 5 heterocycles. The number of rotatable bonds is 5. The molecule has 0 radical (unpaired) electrons. The smallest absolute Gasteiger partial charge is 0.227 e. The molecule has 1 unspecified atom stereocenters. The highest BCUT2D eigenvalue weighted by Gasteiger charge is 2.41. The molecule has 0 aromatic carbocycles. The Bertz CT molecular complexity index is 1010. The normalized spacial score (nSPS) is 22.9. The molecule has 3 saturated heterocycles. The van der Waals surface area contributed by atoms with E-state index in [1.165, 1.54) is 0 Å². The van der Waals surface area contributed by atoms with Crippen molar-refractivity contribution in [3.63, 3.8) is 0 Å². The van der Waals surface area contributed by atoms with E-state index < -0.39 is 0 Å². The van der Waals surface area contributed by atoms with Crippen LogP contribution in [0.25, 0.3) is 11.4 Å². The monoisotopic (exact) mass is 481 g/mol. The maximum absolute atomic E-state index is 13.0. The third-order valence-corrected chi connectivity index (χ3v) is 8.02. The van der Waals surface area contributed by atoms with Crippen LogP contribution in [-0.2, 0) is 20.7 Å². The summed E-state index contributed by atoms with van der Waals surface area (Å²) in [5.41, 5.74) is 0.750. The molecule has 0 N–H and O–H groups in total. The SMILES string of the molecule is CC(=O)N1CCC(CC(=O)N2CCC3(CC2)CC(Cc2nc(-c4ccncc4)no2)CCO3)CC1. The lowest BCUT2D eigenvalue weighted by atomic mass is 9.78. The molecule has 0 aliphatic carbocycles. The van der Waals surface area contributed by atoms with Crippen molar-refractivity contribution in [1.82, 2.24) is 24.9 Å². The molecule has 2 amide bonds. The van der Waals surface area contributed by atoms with E-state index in [4.69, 9.17) is 9.26 Å². The predicted octanol–water partition coefficient (Wildman–Crippen LogP) is 3.11. The summed E-state index contributed by atoms with van der Waals surface area (Å²) in [5.74, 6) is 2.47. The van der Waals surface area contributed by atoms with Crippen molar-refractivity contribution < 1.29 is 18.8 Å². The van der Waals surface area contributed by atoms with Crippen molar-refractivity contribution in [3.8, 4) is 11.4 Å². The molecule has 188 valence electrons. The van der Waals surface area contributed by atoms with Gasteiger partial charge in [-0.3, -0.25) is 14.6 Å². The molecule has 1 atom stereocenters. The summed E-state index contributed by atoms with van der Waals surface area (Å²) in [6.45, 7) is 5.41. The molecule has 1 spiro atoms. The number of hydrogen-bond acceptors (Lipinski definition) is 7. The number of carbonyl (C=O) groups excluding carboxylic acids is 2. The summed E-state index contributed by atoms with van der Waals surface area (Å²) < 4.78 is 11.9. The summed E-state index contributed by atoms with van der Waals surface area (Å²) >= 11 is 0. The summed E-state index contributed by atoms with van der Waals surface area (Å²) in [4.78, 5) is 37.0. The minimum Gasteiger partial charge on any atom is -0.375 e. The van der Waals surface area contributed by atoms with E-state index in [1.807, 2.05) is 21.9 Å². The van der Waals surface area contributed by atoms with Crippen LogP contribution < -0.4 is 0 Å². The fourth-order valence-corrected chi connectivity index (χ4v) is 5.85. The summed E-state index contributed by atoms with van der Waals surface area (Å²) in [5, 5.41) is 4.14. The highest BCUT2D eigenvalue weighted by atomic mass is 16.5. The predicted molar refractivity (Wildman–Crippen MR) is 128 cm³/mol. The Morgan fingerprint density at radius 2 is 1.77 bits per heavy atom. The average Bonchev–Trinajstić information content (AvgIpc) is 3.34. The molecule has 2 aromatic heterocycles. The molecule has 3 aliphatic heterocycles. The van der Waals surface area contributed by atoms with Gasteiger partial charge in [-0.25, -0.2) is 0 Å². The lowest BCUT2D eigenvalue weighted by Crippen LogP contribution is -2.51. The second-order valence-corrected chi connectivity index (χ2v) is 10.4. The molecule has 9 heteroatoms. The molecule has 9 nitrogen and oxygen atoms in total. The van der Waals surface area contributed by atoms with Gasteiger partial charge in [0.2, 0.25) is 23.5 Å². The van der Waals surface area contributed by atoms with Crippen LogP contribution in [0.1, 0.15) is 57.8 Å². The molecule has 0 bridgehead atoms. The van der Waals surface area contributed by atoms with Gasteiger partial charge in [0.05, 0.1) is 5.60 Å². The molecular weight excluding hydrogens is 446 g/mol. The number of piperidine rings is 2. The van der Waals surface area contributed by atoms with Gasteiger partial charge in [-0.15, -0.1) is 0 Å². The van der Waals surface area contributed by atoms with Crippen LogP contribution in [-0.4, -0.2) is 75.1 Å². The van der Waals surface area contributed by atoms with E-state index in [2.05, 4.69) is 15.1 Å². The Hall–Kier alpha value is -2.81. The van der Waals surface area contributed by atoms with Crippen LogP contribution in [0.2, 0.25) is 0 Å². The summed E-state index contributed by atoms with van der Waals surface area (Å²) in [6, 6.07) is 3.75. The number of pyridine rings is 1. The Kier molecular flexibility index (Phi) is 7.13. The lowest BCUT2D eigenvalue weighted by molar-refractivity contribution is -0.148. The zero-order valence-electron chi connectivity index (χ0n) is 20.5.